The minimum Gasteiger partial charge on any atom is -0.481 e. The average molecular weight is 306 g/mol. The number of urea groups is 1. The van der Waals surface area contributed by atoms with Gasteiger partial charge < -0.3 is 15.3 Å². The van der Waals surface area contributed by atoms with E-state index in [-0.39, 0.29) is 30.0 Å². The Morgan fingerprint density at radius 3 is 2.55 bits per heavy atom. The summed E-state index contributed by atoms with van der Waals surface area (Å²) in [5.74, 6) is -1.32. The van der Waals surface area contributed by atoms with Crippen LogP contribution in [0.25, 0.3) is 0 Å². The van der Waals surface area contributed by atoms with Crippen LogP contribution in [-0.4, -0.2) is 61.6 Å². The first-order valence-corrected chi connectivity index (χ1v) is 8.53. The van der Waals surface area contributed by atoms with Crippen molar-refractivity contribution in [1.82, 2.24) is 10.2 Å². The zero-order valence-electron chi connectivity index (χ0n) is 11.8. The second-order valence-corrected chi connectivity index (χ2v) is 7.46. The van der Waals surface area contributed by atoms with Crippen LogP contribution in [0.4, 0.5) is 4.79 Å². The molecule has 0 spiro atoms. The summed E-state index contributed by atoms with van der Waals surface area (Å²) in [5.41, 5.74) is 0. The predicted octanol–water partition coefficient (Wildman–Crippen LogP) is 0.173. The number of hydrogen-bond donors (Lipinski definition) is 2. The van der Waals surface area contributed by atoms with Crippen LogP contribution in [-0.2, 0) is 14.6 Å². The molecule has 1 heterocycles. The van der Waals surface area contributed by atoms with Crippen molar-refractivity contribution in [2.75, 3.05) is 31.1 Å². The van der Waals surface area contributed by atoms with Gasteiger partial charge in [-0.25, -0.2) is 13.2 Å². The number of carboxylic acids is 1. The third-order valence-corrected chi connectivity index (χ3v) is 5.29. The van der Waals surface area contributed by atoms with E-state index in [2.05, 4.69) is 5.32 Å². The van der Waals surface area contributed by atoms with Gasteiger partial charge in [-0.3, -0.25) is 4.79 Å². The van der Waals surface area contributed by atoms with Crippen molar-refractivity contribution in [3.05, 3.63) is 0 Å². The fourth-order valence-electron chi connectivity index (χ4n) is 2.14. The maximum atomic E-state index is 11.9. The smallest absolute Gasteiger partial charge is 0.317 e. The van der Waals surface area contributed by atoms with Crippen molar-refractivity contribution in [2.24, 2.45) is 11.8 Å². The number of amides is 2. The van der Waals surface area contributed by atoms with E-state index >= 15 is 0 Å². The number of carbonyl (C=O) groups excluding carboxylic acids is 1. The molecule has 0 aromatic rings. The van der Waals surface area contributed by atoms with Gasteiger partial charge in [-0.15, -0.1) is 0 Å². The SMILES string of the molecule is CCN(CC(C)C(=O)O)C(=O)NCC1CCS(=O)(=O)C1. The van der Waals surface area contributed by atoms with E-state index in [1.165, 1.54) is 4.90 Å². The molecule has 2 unspecified atom stereocenters. The normalized spacial score (nSPS) is 22.2. The van der Waals surface area contributed by atoms with Crippen LogP contribution in [0.3, 0.4) is 0 Å². The Morgan fingerprint density at radius 1 is 1.45 bits per heavy atom. The second kappa shape index (κ2) is 6.92. The van der Waals surface area contributed by atoms with E-state index in [1.807, 2.05) is 0 Å². The lowest BCUT2D eigenvalue weighted by Crippen LogP contribution is -2.44. The van der Waals surface area contributed by atoms with E-state index in [1.54, 1.807) is 13.8 Å². The topological polar surface area (TPSA) is 104 Å². The van der Waals surface area contributed by atoms with Crippen LogP contribution in [0.15, 0.2) is 0 Å². The van der Waals surface area contributed by atoms with Gasteiger partial charge in [0.1, 0.15) is 0 Å². The highest BCUT2D eigenvalue weighted by Crippen LogP contribution is 2.17. The highest BCUT2D eigenvalue weighted by Gasteiger charge is 2.28. The summed E-state index contributed by atoms with van der Waals surface area (Å²) >= 11 is 0. The van der Waals surface area contributed by atoms with E-state index in [4.69, 9.17) is 5.11 Å². The average Bonchev–Trinajstić information content (AvgIpc) is 2.72. The Labute approximate surface area is 119 Å². The van der Waals surface area contributed by atoms with Crippen molar-refractivity contribution < 1.29 is 23.1 Å². The molecule has 1 fully saturated rings. The van der Waals surface area contributed by atoms with E-state index in [9.17, 15) is 18.0 Å². The largest absolute Gasteiger partial charge is 0.481 e. The van der Waals surface area contributed by atoms with Gasteiger partial charge in [-0.05, 0) is 19.3 Å². The van der Waals surface area contributed by atoms with Gasteiger partial charge in [0, 0.05) is 19.6 Å². The molecule has 1 rings (SSSR count). The summed E-state index contributed by atoms with van der Waals surface area (Å²) < 4.78 is 22.6. The molecule has 2 atom stereocenters. The molecule has 1 aliphatic heterocycles. The summed E-state index contributed by atoms with van der Waals surface area (Å²) in [6.45, 7) is 4.18. The van der Waals surface area contributed by atoms with Gasteiger partial charge in [0.05, 0.1) is 17.4 Å². The lowest BCUT2D eigenvalue weighted by molar-refractivity contribution is -0.141. The Kier molecular flexibility index (Phi) is 5.79. The maximum absolute atomic E-state index is 11.9. The molecule has 0 radical (unpaired) electrons. The monoisotopic (exact) mass is 306 g/mol. The van der Waals surface area contributed by atoms with E-state index in [0.29, 0.717) is 19.5 Å². The molecule has 1 saturated heterocycles. The Morgan fingerprint density at radius 2 is 2.10 bits per heavy atom. The number of sulfone groups is 1. The van der Waals surface area contributed by atoms with Crippen molar-refractivity contribution in [1.29, 1.82) is 0 Å². The molecular weight excluding hydrogens is 284 g/mol. The molecule has 8 heteroatoms. The Bertz CT molecular complexity index is 462. The molecule has 116 valence electrons. The van der Waals surface area contributed by atoms with Crippen LogP contribution < -0.4 is 5.32 Å². The summed E-state index contributed by atoms with van der Waals surface area (Å²) in [5, 5.41) is 11.5. The zero-order chi connectivity index (χ0) is 15.3. The Balaban J connectivity index is 2.42. The van der Waals surface area contributed by atoms with Crippen LogP contribution in [0.1, 0.15) is 20.3 Å². The van der Waals surface area contributed by atoms with Gasteiger partial charge in [0.15, 0.2) is 9.84 Å². The molecular formula is C12H22N2O5S. The van der Waals surface area contributed by atoms with Gasteiger partial charge in [0.25, 0.3) is 0 Å². The first kappa shape index (κ1) is 16.7. The highest BCUT2D eigenvalue weighted by atomic mass is 32.2. The fourth-order valence-corrected chi connectivity index (χ4v) is 4.00. The molecule has 0 aromatic carbocycles. The van der Waals surface area contributed by atoms with Gasteiger partial charge in [0.2, 0.25) is 0 Å². The number of nitrogens with zero attached hydrogens (tertiary/aromatic N) is 1. The van der Waals surface area contributed by atoms with Crippen molar-refractivity contribution in [3.63, 3.8) is 0 Å². The highest BCUT2D eigenvalue weighted by molar-refractivity contribution is 7.91. The first-order valence-electron chi connectivity index (χ1n) is 6.71. The number of carboxylic acid groups (broad SMARTS) is 1. The molecule has 1 aliphatic rings. The number of nitrogens with one attached hydrogen (secondary N) is 1. The van der Waals surface area contributed by atoms with E-state index in [0.717, 1.165) is 0 Å². The minimum atomic E-state index is -2.94. The molecule has 20 heavy (non-hydrogen) atoms. The van der Waals surface area contributed by atoms with Crippen molar-refractivity contribution >= 4 is 21.8 Å². The van der Waals surface area contributed by atoms with Crippen LogP contribution in [0, 0.1) is 11.8 Å². The standard InChI is InChI=1S/C12H22N2O5S/c1-3-14(7-9(2)11(15)16)12(17)13-6-10-4-5-20(18,19)8-10/h9-10H,3-8H2,1-2H3,(H,13,17)(H,15,16). The van der Waals surface area contributed by atoms with Gasteiger partial charge >= 0.3 is 12.0 Å². The van der Waals surface area contributed by atoms with E-state index < -0.39 is 21.7 Å². The molecule has 0 aliphatic carbocycles. The molecule has 2 amide bonds. The number of hydrogen-bond acceptors (Lipinski definition) is 4. The van der Waals surface area contributed by atoms with Crippen LogP contribution >= 0.6 is 0 Å². The summed E-state index contributed by atoms with van der Waals surface area (Å²) in [6, 6.07) is -0.343. The minimum absolute atomic E-state index is 0.0421. The lowest BCUT2D eigenvalue weighted by atomic mass is 10.1. The van der Waals surface area contributed by atoms with Crippen molar-refractivity contribution in [3.8, 4) is 0 Å². The molecule has 2 N–H and O–H groups in total. The van der Waals surface area contributed by atoms with Gasteiger partial charge in [-0.1, -0.05) is 6.92 Å². The molecule has 7 nitrogen and oxygen atoms in total. The summed E-state index contributed by atoms with van der Waals surface area (Å²) in [7, 11) is -2.94. The third kappa shape index (κ3) is 4.99. The maximum Gasteiger partial charge on any atom is 0.317 e. The number of carbonyl (C=O) groups is 2. The first-order chi connectivity index (χ1) is 9.25. The van der Waals surface area contributed by atoms with Gasteiger partial charge in [-0.2, -0.15) is 0 Å². The Hall–Kier alpha value is -1.31. The molecule has 0 bridgehead atoms. The molecule has 0 saturated carbocycles. The van der Waals surface area contributed by atoms with Crippen LogP contribution in [0.2, 0.25) is 0 Å². The number of aliphatic carboxylic acids is 1. The second-order valence-electron chi connectivity index (χ2n) is 5.23. The van der Waals surface area contributed by atoms with Crippen LogP contribution in [0.5, 0.6) is 0 Å². The zero-order valence-corrected chi connectivity index (χ0v) is 12.6. The number of rotatable bonds is 6. The summed E-state index contributed by atoms with van der Waals surface area (Å²) in [6.07, 6.45) is 0.570. The fraction of sp³-hybridized carbons (Fsp3) is 0.833. The lowest BCUT2D eigenvalue weighted by Gasteiger charge is -2.24. The predicted molar refractivity (Wildman–Crippen MR) is 74.2 cm³/mol. The quantitative estimate of drug-likeness (QED) is 0.728. The third-order valence-electron chi connectivity index (χ3n) is 3.45. The molecule has 0 aromatic heterocycles. The summed E-state index contributed by atoms with van der Waals surface area (Å²) in [4.78, 5) is 24.1. The van der Waals surface area contributed by atoms with Crippen molar-refractivity contribution in [2.45, 2.75) is 20.3 Å².